The van der Waals surface area contributed by atoms with Gasteiger partial charge < -0.3 is 14.6 Å². The Labute approximate surface area is 181 Å². The Balaban J connectivity index is 0.00000256. The number of pyridine rings is 2. The first kappa shape index (κ1) is 21.7. The van der Waals surface area contributed by atoms with Gasteiger partial charge in [-0.15, -0.1) is 12.4 Å². The molecule has 0 aliphatic rings. The van der Waals surface area contributed by atoms with Gasteiger partial charge in [0.2, 0.25) is 0 Å². The Hall–Kier alpha value is -3.03. The molecule has 4 rings (SSSR count). The van der Waals surface area contributed by atoms with Crippen LogP contribution in [0.4, 0.5) is 11.4 Å². The molecular formula is C22H24ClN5O2. The maximum Gasteiger partial charge on any atom is 0.261 e. The van der Waals surface area contributed by atoms with Gasteiger partial charge >= 0.3 is 0 Å². The van der Waals surface area contributed by atoms with Crippen LogP contribution < -0.4 is 5.32 Å². The Morgan fingerprint density at radius 1 is 1.07 bits per heavy atom. The van der Waals surface area contributed by atoms with E-state index < -0.39 is 0 Å². The number of ether oxygens (including phenoxy) is 1. The lowest BCUT2D eigenvalue weighted by Crippen LogP contribution is -1.99. The van der Waals surface area contributed by atoms with E-state index in [0.29, 0.717) is 30.4 Å². The standard InChI is InChI=1S/C22H23N5O2.ClH/c1-4-15-6-8-16(9-7-15)25-20-17-10-5-14(2)24-21(17)23-13-18(20)22-26-19(27-29-22)11-12-28-3;/h5-10,13H,4,11-12H2,1-3H3,(H,23,24,25);1H. The number of hydrogen-bond donors (Lipinski definition) is 1. The van der Waals surface area contributed by atoms with Gasteiger partial charge in [0.1, 0.15) is 0 Å². The number of rotatable bonds is 7. The second kappa shape index (κ2) is 9.65. The summed E-state index contributed by atoms with van der Waals surface area (Å²) in [5, 5.41) is 8.46. The minimum absolute atomic E-state index is 0. The van der Waals surface area contributed by atoms with E-state index in [4.69, 9.17) is 9.26 Å². The highest BCUT2D eigenvalue weighted by Crippen LogP contribution is 2.34. The molecule has 30 heavy (non-hydrogen) atoms. The second-order valence-corrected chi connectivity index (χ2v) is 6.80. The third-order valence-corrected chi connectivity index (χ3v) is 4.73. The number of aromatic nitrogens is 4. The van der Waals surface area contributed by atoms with E-state index >= 15 is 0 Å². The molecule has 3 aromatic heterocycles. The Bertz CT molecular complexity index is 1130. The third-order valence-electron chi connectivity index (χ3n) is 4.73. The molecule has 156 valence electrons. The van der Waals surface area contributed by atoms with Gasteiger partial charge in [-0.2, -0.15) is 4.98 Å². The van der Waals surface area contributed by atoms with Gasteiger partial charge in [-0.25, -0.2) is 9.97 Å². The number of nitrogens with one attached hydrogen (secondary N) is 1. The number of benzene rings is 1. The van der Waals surface area contributed by atoms with E-state index in [-0.39, 0.29) is 12.4 Å². The lowest BCUT2D eigenvalue weighted by atomic mass is 10.1. The number of methoxy groups -OCH3 is 1. The molecule has 0 radical (unpaired) electrons. The number of aryl methyl sites for hydroxylation is 2. The van der Waals surface area contributed by atoms with Crippen LogP contribution in [0.1, 0.15) is 24.0 Å². The lowest BCUT2D eigenvalue weighted by molar-refractivity contribution is 0.199. The van der Waals surface area contributed by atoms with Gasteiger partial charge in [0.05, 0.1) is 17.9 Å². The number of fused-ring (bicyclic) bond motifs is 1. The summed E-state index contributed by atoms with van der Waals surface area (Å²) in [6.07, 6.45) is 3.31. The number of hydrogen-bond acceptors (Lipinski definition) is 7. The fraction of sp³-hybridized carbons (Fsp3) is 0.273. The highest BCUT2D eigenvalue weighted by molar-refractivity contribution is 5.98. The van der Waals surface area contributed by atoms with Crippen molar-refractivity contribution < 1.29 is 9.26 Å². The van der Waals surface area contributed by atoms with Crippen LogP contribution in [0.25, 0.3) is 22.5 Å². The maximum atomic E-state index is 5.52. The van der Waals surface area contributed by atoms with E-state index in [0.717, 1.165) is 34.4 Å². The molecule has 0 saturated heterocycles. The summed E-state index contributed by atoms with van der Waals surface area (Å²) in [6.45, 7) is 4.63. The van der Waals surface area contributed by atoms with Crippen LogP contribution in [0.15, 0.2) is 47.1 Å². The third kappa shape index (κ3) is 4.58. The van der Waals surface area contributed by atoms with Crippen molar-refractivity contribution in [2.45, 2.75) is 26.7 Å². The summed E-state index contributed by atoms with van der Waals surface area (Å²) >= 11 is 0. The van der Waals surface area contributed by atoms with Crippen LogP contribution in [0.2, 0.25) is 0 Å². The van der Waals surface area contributed by atoms with Crippen LogP contribution in [0.3, 0.4) is 0 Å². The largest absolute Gasteiger partial charge is 0.384 e. The Morgan fingerprint density at radius 3 is 2.60 bits per heavy atom. The summed E-state index contributed by atoms with van der Waals surface area (Å²) in [5.74, 6) is 1.01. The Morgan fingerprint density at radius 2 is 1.87 bits per heavy atom. The van der Waals surface area contributed by atoms with Crippen molar-refractivity contribution in [1.82, 2.24) is 20.1 Å². The molecule has 8 heteroatoms. The summed E-state index contributed by atoms with van der Waals surface area (Å²) in [5.41, 5.74) is 5.41. The molecule has 4 aromatic rings. The van der Waals surface area contributed by atoms with Crippen molar-refractivity contribution >= 4 is 34.8 Å². The first-order valence-corrected chi connectivity index (χ1v) is 9.62. The summed E-state index contributed by atoms with van der Waals surface area (Å²) in [6, 6.07) is 12.3. The van der Waals surface area contributed by atoms with Gasteiger partial charge in [0.25, 0.3) is 5.89 Å². The fourth-order valence-electron chi connectivity index (χ4n) is 3.10. The van der Waals surface area contributed by atoms with Gasteiger partial charge in [-0.05, 0) is 43.2 Å². The van der Waals surface area contributed by atoms with Crippen molar-refractivity contribution in [1.29, 1.82) is 0 Å². The quantitative estimate of drug-likeness (QED) is 0.450. The molecule has 0 aliphatic heterocycles. The molecule has 0 atom stereocenters. The molecule has 0 amide bonds. The molecule has 0 fully saturated rings. The molecule has 7 nitrogen and oxygen atoms in total. The predicted molar refractivity (Wildman–Crippen MR) is 119 cm³/mol. The zero-order chi connectivity index (χ0) is 20.2. The van der Waals surface area contributed by atoms with Crippen molar-refractivity contribution in [2.24, 2.45) is 0 Å². The summed E-state index contributed by atoms with van der Waals surface area (Å²) < 4.78 is 10.6. The number of halogens is 1. The van der Waals surface area contributed by atoms with Crippen LogP contribution >= 0.6 is 12.4 Å². The van der Waals surface area contributed by atoms with Crippen molar-refractivity contribution in [2.75, 3.05) is 19.0 Å². The van der Waals surface area contributed by atoms with Gasteiger partial charge in [0, 0.05) is 36.5 Å². The van der Waals surface area contributed by atoms with Crippen molar-refractivity contribution in [3.05, 3.63) is 59.7 Å². The molecule has 0 saturated carbocycles. The molecule has 0 unspecified atom stereocenters. The van der Waals surface area contributed by atoms with Crippen LogP contribution in [-0.4, -0.2) is 33.8 Å². The monoisotopic (exact) mass is 425 g/mol. The molecule has 1 aromatic carbocycles. The van der Waals surface area contributed by atoms with Crippen molar-refractivity contribution in [3.63, 3.8) is 0 Å². The molecule has 0 bridgehead atoms. The van der Waals surface area contributed by atoms with E-state index in [1.54, 1.807) is 13.3 Å². The number of nitrogens with zero attached hydrogens (tertiary/aromatic N) is 4. The highest BCUT2D eigenvalue weighted by atomic mass is 35.5. The van der Waals surface area contributed by atoms with E-state index in [9.17, 15) is 0 Å². The fourth-order valence-corrected chi connectivity index (χ4v) is 3.10. The Kier molecular flexibility index (Phi) is 6.97. The first-order valence-electron chi connectivity index (χ1n) is 9.62. The summed E-state index contributed by atoms with van der Waals surface area (Å²) in [7, 11) is 1.65. The average molecular weight is 426 g/mol. The smallest absolute Gasteiger partial charge is 0.261 e. The zero-order valence-corrected chi connectivity index (χ0v) is 18.0. The second-order valence-electron chi connectivity index (χ2n) is 6.80. The zero-order valence-electron chi connectivity index (χ0n) is 17.2. The minimum Gasteiger partial charge on any atom is -0.384 e. The SMILES string of the molecule is CCc1ccc(Nc2c(-c3nc(CCOC)no3)cnc3nc(C)ccc23)cc1.Cl. The van der Waals surface area contributed by atoms with Crippen LogP contribution in [0.5, 0.6) is 0 Å². The van der Waals surface area contributed by atoms with Gasteiger partial charge in [-0.1, -0.05) is 24.2 Å². The average Bonchev–Trinajstić information content (AvgIpc) is 3.21. The van der Waals surface area contributed by atoms with E-state index in [1.807, 2.05) is 19.1 Å². The van der Waals surface area contributed by atoms with E-state index in [2.05, 4.69) is 56.6 Å². The molecule has 0 spiro atoms. The molecule has 1 N–H and O–H groups in total. The predicted octanol–water partition coefficient (Wildman–Crippen LogP) is 4.90. The van der Waals surface area contributed by atoms with Crippen LogP contribution in [0, 0.1) is 6.92 Å². The molecule has 0 aliphatic carbocycles. The highest BCUT2D eigenvalue weighted by Gasteiger charge is 2.17. The lowest BCUT2D eigenvalue weighted by Gasteiger charge is -2.13. The van der Waals surface area contributed by atoms with Crippen molar-refractivity contribution in [3.8, 4) is 11.5 Å². The maximum absolute atomic E-state index is 5.52. The normalized spacial score (nSPS) is 10.8. The van der Waals surface area contributed by atoms with Crippen LogP contribution in [-0.2, 0) is 17.6 Å². The molecular weight excluding hydrogens is 402 g/mol. The molecule has 3 heterocycles. The van der Waals surface area contributed by atoms with Gasteiger partial charge in [0.15, 0.2) is 11.5 Å². The minimum atomic E-state index is 0. The van der Waals surface area contributed by atoms with Gasteiger partial charge in [-0.3, -0.25) is 0 Å². The summed E-state index contributed by atoms with van der Waals surface area (Å²) in [4.78, 5) is 13.6. The van der Waals surface area contributed by atoms with E-state index in [1.165, 1.54) is 5.56 Å². The first-order chi connectivity index (χ1) is 14.2. The topological polar surface area (TPSA) is 86.0 Å². The number of anilines is 2.